The highest BCUT2D eigenvalue weighted by molar-refractivity contribution is 5.80. The number of likely N-dealkylation sites (tertiary alicyclic amines) is 1. The molecule has 2 unspecified atom stereocenters. The first-order valence-corrected chi connectivity index (χ1v) is 7.04. The third-order valence-electron chi connectivity index (χ3n) is 4.54. The summed E-state index contributed by atoms with van der Waals surface area (Å²) in [7, 11) is 0. The summed E-state index contributed by atoms with van der Waals surface area (Å²) in [6, 6.07) is 0.110. The largest absolute Gasteiger partial charge is 0.342 e. The quantitative estimate of drug-likeness (QED) is 0.761. The summed E-state index contributed by atoms with van der Waals surface area (Å²) < 4.78 is 0. The molecule has 3 nitrogen and oxygen atoms in total. The molecular weight excluding hydrogens is 212 g/mol. The van der Waals surface area contributed by atoms with Crippen molar-refractivity contribution < 1.29 is 4.79 Å². The highest BCUT2D eigenvalue weighted by atomic mass is 16.2. The zero-order chi connectivity index (χ0) is 12.5. The van der Waals surface area contributed by atoms with E-state index in [1.165, 1.54) is 6.42 Å². The molecule has 3 heteroatoms. The average molecular weight is 238 g/mol. The summed E-state index contributed by atoms with van der Waals surface area (Å²) in [6.45, 7) is 6.48. The van der Waals surface area contributed by atoms with Crippen molar-refractivity contribution in [3.8, 4) is 0 Å². The van der Waals surface area contributed by atoms with Crippen molar-refractivity contribution in [2.24, 2.45) is 17.1 Å². The second-order valence-electron chi connectivity index (χ2n) is 6.54. The van der Waals surface area contributed by atoms with Gasteiger partial charge in [-0.2, -0.15) is 0 Å². The molecule has 0 aromatic carbocycles. The van der Waals surface area contributed by atoms with Crippen molar-refractivity contribution in [3.05, 3.63) is 0 Å². The Kier molecular flexibility index (Phi) is 3.76. The van der Waals surface area contributed by atoms with E-state index in [1.807, 2.05) is 0 Å². The topological polar surface area (TPSA) is 46.3 Å². The van der Waals surface area contributed by atoms with Gasteiger partial charge in [0.25, 0.3) is 0 Å². The maximum atomic E-state index is 12.4. The molecule has 1 saturated carbocycles. The van der Waals surface area contributed by atoms with E-state index in [4.69, 9.17) is 5.73 Å². The van der Waals surface area contributed by atoms with Gasteiger partial charge in [-0.1, -0.05) is 20.3 Å². The second-order valence-corrected chi connectivity index (χ2v) is 6.54. The summed E-state index contributed by atoms with van der Waals surface area (Å²) in [5.74, 6) is 0.434. The minimum atomic E-state index is 0.108. The molecule has 0 radical (unpaired) electrons. The van der Waals surface area contributed by atoms with Gasteiger partial charge in [0.1, 0.15) is 0 Å². The number of rotatable bonds is 1. The number of hydrogen-bond acceptors (Lipinski definition) is 2. The first kappa shape index (κ1) is 12.9. The predicted octanol–water partition coefficient (Wildman–Crippen LogP) is 2.15. The van der Waals surface area contributed by atoms with Crippen LogP contribution in [0.4, 0.5) is 0 Å². The van der Waals surface area contributed by atoms with Crippen molar-refractivity contribution in [1.82, 2.24) is 4.90 Å². The van der Waals surface area contributed by atoms with E-state index in [0.717, 1.165) is 45.2 Å². The Morgan fingerprint density at radius 1 is 1.18 bits per heavy atom. The number of nitrogens with two attached hydrogens (primary N) is 1. The van der Waals surface area contributed by atoms with E-state index in [2.05, 4.69) is 18.7 Å². The van der Waals surface area contributed by atoms with Gasteiger partial charge in [-0.05, 0) is 37.5 Å². The van der Waals surface area contributed by atoms with Crippen molar-refractivity contribution in [3.63, 3.8) is 0 Å². The van der Waals surface area contributed by atoms with E-state index >= 15 is 0 Å². The van der Waals surface area contributed by atoms with E-state index in [1.54, 1.807) is 0 Å². The van der Waals surface area contributed by atoms with Gasteiger partial charge in [0, 0.05) is 19.1 Å². The fraction of sp³-hybridized carbons (Fsp3) is 0.929. The Bertz CT molecular complexity index is 288. The fourth-order valence-corrected chi connectivity index (χ4v) is 3.17. The first-order chi connectivity index (χ1) is 7.99. The van der Waals surface area contributed by atoms with Gasteiger partial charge >= 0.3 is 0 Å². The summed E-state index contributed by atoms with van der Waals surface area (Å²) in [4.78, 5) is 14.5. The lowest BCUT2D eigenvalue weighted by atomic mass is 9.85. The van der Waals surface area contributed by atoms with Gasteiger partial charge in [0.2, 0.25) is 5.91 Å². The Hall–Kier alpha value is -0.570. The van der Waals surface area contributed by atoms with Crippen LogP contribution in [0.2, 0.25) is 0 Å². The zero-order valence-electron chi connectivity index (χ0n) is 11.2. The molecule has 2 rings (SSSR count). The highest BCUT2D eigenvalue weighted by Crippen LogP contribution is 2.32. The standard InChI is InChI=1S/C14H26N2O/c1-14(2)7-4-9-16(10-8-14)13(17)11-5-3-6-12(11)15/h11-12H,3-10,15H2,1-2H3. The first-order valence-electron chi connectivity index (χ1n) is 7.04. The zero-order valence-corrected chi connectivity index (χ0v) is 11.2. The van der Waals surface area contributed by atoms with Crippen LogP contribution in [0.15, 0.2) is 0 Å². The molecule has 0 bridgehead atoms. The third-order valence-corrected chi connectivity index (χ3v) is 4.54. The van der Waals surface area contributed by atoms with Crippen LogP contribution in [-0.4, -0.2) is 29.9 Å². The monoisotopic (exact) mass is 238 g/mol. The molecule has 0 aromatic heterocycles. The molecule has 1 aliphatic carbocycles. The van der Waals surface area contributed by atoms with Gasteiger partial charge in [0.15, 0.2) is 0 Å². The minimum absolute atomic E-state index is 0.108. The van der Waals surface area contributed by atoms with Crippen LogP contribution >= 0.6 is 0 Å². The molecule has 0 aromatic rings. The fourth-order valence-electron chi connectivity index (χ4n) is 3.17. The van der Waals surface area contributed by atoms with E-state index in [0.29, 0.717) is 11.3 Å². The van der Waals surface area contributed by atoms with Crippen molar-refractivity contribution >= 4 is 5.91 Å². The van der Waals surface area contributed by atoms with Gasteiger partial charge in [-0.3, -0.25) is 4.79 Å². The van der Waals surface area contributed by atoms with Crippen LogP contribution in [0.25, 0.3) is 0 Å². The molecule has 2 aliphatic rings. The van der Waals surface area contributed by atoms with Crippen LogP contribution < -0.4 is 5.73 Å². The summed E-state index contributed by atoms with van der Waals surface area (Å²) in [6.07, 6.45) is 6.64. The van der Waals surface area contributed by atoms with Crippen molar-refractivity contribution in [2.45, 2.75) is 58.4 Å². The number of carbonyl (C=O) groups is 1. The molecule has 2 fully saturated rings. The number of hydrogen-bond donors (Lipinski definition) is 1. The molecule has 2 atom stereocenters. The predicted molar refractivity (Wildman–Crippen MR) is 69.5 cm³/mol. The van der Waals surface area contributed by atoms with Gasteiger partial charge in [-0.25, -0.2) is 0 Å². The van der Waals surface area contributed by atoms with E-state index in [-0.39, 0.29) is 12.0 Å². The molecule has 17 heavy (non-hydrogen) atoms. The number of nitrogens with zero attached hydrogens (tertiary/aromatic N) is 1. The molecule has 0 spiro atoms. The minimum Gasteiger partial charge on any atom is -0.342 e. The molecule has 1 amide bonds. The van der Waals surface area contributed by atoms with Crippen molar-refractivity contribution in [2.75, 3.05) is 13.1 Å². The Morgan fingerprint density at radius 2 is 1.94 bits per heavy atom. The smallest absolute Gasteiger partial charge is 0.227 e. The maximum absolute atomic E-state index is 12.4. The van der Waals surface area contributed by atoms with Crippen molar-refractivity contribution in [1.29, 1.82) is 0 Å². The molecule has 1 saturated heterocycles. The third kappa shape index (κ3) is 3.01. The lowest BCUT2D eigenvalue weighted by molar-refractivity contribution is -0.135. The van der Waals surface area contributed by atoms with E-state index in [9.17, 15) is 4.79 Å². The van der Waals surface area contributed by atoms with Crippen LogP contribution in [-0.2, 0) is 4.79 Å². The number of amides is 1. The summed E-state index contributed by atoms with van der Waals surface area (Å²) in [5, 5.41) is 0. The molecule has 1 heterocycles. The van der Waals surface area contributed by atoms with Crippen LogP contribution in [0.1, 0.15) is 52.4 Å². The summed E-state index contributed by atoms with van der Waals surface area (Å²) >= 11 is 0. The molecule has 1 aliphatic heterocycles. The van der Waals surface area contributed by atoms with Gasteiger partial charge in [0.05, 0.1) is 5.92 Å². The molecule has 2 N–H and O–H groups in total. The lowest BCUT2D eigenvalue weighted by Crippen LogP contribution is -2.42. The molecule has 98 valence electrons. The summed E-state index contributed by atoms with van der Waals surface area (Å²) in [5.41, 5.74) is 6.43. The number of carbonyl (C=O) groups excluding carboxylic acids is 1. The Balaban J connectivity index is 1.95. The lowest BCUT2D eigenvalue weighted by Gasteiger charge is -2.27. The SMILES string of the molecule is CC1(C)CCCN(C(=O)C2CCCC2N)CC1. The average Bonchev–Trinajstić information content (AvgIpc) is 2.59. The van der Waals surface area contributed by atoms with E-state index < -0.39 is 0 Å². The maximum Gasteiger partial charge on any atom is 0.227 e. The normalized spacial score (nSPS) is 33.5. The Morgan fingerprint density at radius 3 is 2.59 bits per heavy atom. The van der Waals surface area contributed by atoms with Crippen LogP contribution in [0.3, 0.4) is 0 Å². The molecular formula is C14H26N2O. The Labute approximate surface area is 105 Å². The van der Waals surface area contributed by atoms with Gasteiger partial charge in [-0.15, -0.1) is 0 Å². The van der Waals surface area contributed by atoms with Crippen LogP contribution in [0.5, 0.6) is 0 Å². The van der Waals surface area contributed by atoms with Crippen LogP contribution in [0, 0.1) is 11.3 Å². The van der Waals surface area contributed by atoms with Gasteiger partial charge < -0.3 is 10.6 Å². The second kappa shape index (κ2) is 4.97. The highest BCUT2D eigenvalue weighted by Gasteiger charge is 2.34.